The van der Waals surface area contributed by atoms with Crippen LogP contribution in [0, 0.1) is 17.1 Å². The molecule has 2 rings (SSSR count). The van der Waals surface area contributed by atoms with Crippen LogP contribution in [-0.4, -0.2) is 61.5 Å². The predicted molar refractivity (Wildman–Crippen MR) is 93.9 cm³/mol. The molecule has 1 aliphatic heterocycles. The molecule has 0 bridgehead atoms. The number of amides is 1. The second-order valence-electron chi connectivity index (χ2n) is 5.89. The Bertz CT molecular complexity index is 647. The van der Waals surface area contributed by atoms with Gasteiger partial charge in [0.05, 0.1) is 0 Å². The highest BCUT2D eigenvalue weighted by Gasteiger charge is 2.23. The minimum absolute atomic E-state index is 0.0702. The van der Waals surface area contributed by atoms with Crippen LogP contribution < -0.4 is 11.1 Å². The van der Waals surface area contributed by atoms with Gasteiger partial charge in [-0.1, -0.05) is 18.2 Å². The number of carbonyl (C=O) groups is 1. The summed E-state index contributed by atoms with van der Waals surface area (Å²) in [6, 6.07) is 8.51. The van der Waals surface area contributed by atoms with Crippen molar-refractivity contribution in [2.24, 2.45) is 5.73 Å². The van der Waals surface area contributed by atoms with Gasteiger partial charge in [-0.3, -0.25) is 9.69 Å². The molecule has 0 saturated carbocycles. The number of hydrogen-bond donors (Lipinski definition) is 2. The van der Waals surface area contributed by atoms with E-state index in [0.29, 0.717) is 38.2 Å². The van der Waals surface area contributed by atoms with Crippen molar-refractivity contribution >= 4 is 5.91 Å². The largest absolute Gasteiger partial charge is 0.389 e. The number of piperazine rings is 1. The van der Waals surface area contributed by atoms with Crippen molar-refractivity contribution in [3.05, 3.63) is 47.4 Å². The molecule has 0 spiro atoms. The van der Waals surface area contributed by atoms with E-state index >= 15 is 0 Å². The molecule has 1 heterocycles. The van der Waals surface area contributed by atoms with Gasteiger partial charge < -0.3 is 16.0 Å². The Balaban J connectivity index is 1.82. The second kappa shape index (κ2) is 9.77. The van der Waals surface area contributed by atoms with Crippen molar-refractivity contribution in [1.82, 2.24) is 15.1 Å². The molecule has 1 aromatic carbocycles. The Morgan fingerprint density at radius 2 is 2.04 bits per heavy atom. The lowest BCUT2D eigenvalue weighted by atomic mass is 10.1. The van der Waals surface area contributed by atoms with E-state index in [0.717, 1.165) is 19.6 Å². The average molecular weight is 345 g/mol. The number of nitriles is 1. The third-order valence-corrected chi connectivity index (χ3v) is 4.20. The summed E-state index contributed by atoms with van der Waals surface area (Å²) in [5.41, 5.74) is 6.21. The molecule has 0 unspecified atom stereocenters. The van der Waals surface area contributed by atoms with Gasteiger partial charge in [0.15, 0.2) is 0 Å². The van der Waals surface area contributed by atoms with Gasteiger partial charge >= 0.3 is 0 Å². The zero-order chi connectivity index (χ0) is 18.1. The predicted octanol–water partition coefficient (Wildman–Crippen LogP) is 0.468. The minimum Gasteiger partial charge on any atom is -0.389 e. The van der Waals surface area contributed by atoms with Crippen molar-refractivity contribution in [3.8, 4) is 6.07 Å². The maximum Gasteiger partial charge on any atom is 0.266 e. The van der Waals surface area contributed by atoms with Crippen molar-refractivity contribution in [1.29, 1.82) is 5.26 Å². The molecule has 134 valence electrons. The second-order valence-corrected chi connectivity index (χ2v) is 5.89. The first-order valence-corrected chi connectivity index (χ1v) is 8.44. The number of hydrogen-bond acceptors (Lipinski definition) is 5. The number of halogens is 1. The van der Waals surface area contributed by atoms with Crippen molar-refractivity contribution in [3.63, 3.8) is 0 Å². The van der Waals surface area contributed by atoms with Crippen LogP contribution in [0.15, 0.2) is 36.0 Å². The number of carbonyl (C=O) groups excluding carboxylic acids is 1. The van der Waals surface area contributed by atoms with Crippen LogP contribution >= 0.6 is 0 Å². The lowest BCUT2D eigenvalue weighted by Crippen LogP contribution is -2.50. The van der Waals surface area contributed by atoms with Gasteiger partial charge in [0, 0.05) is 52.0 Å². The van der Waals surface area contributed by atoms with Gasteiger partial charge in [-0.25, -0.2) is 4.39 Å². The Morgan fingerprint density at radius 1 is 1.32 bits per heavy atom. The topological polar surface area (TPSA) is 85.4 Å². The summed E-state index contributed by atoms with van der Waals surface area (Å²) in [6.45, 7) is 4.58. The zero-order valence-corrected chi connectivity index (χ0v) is 14.2. The molecule has 6 nitrogen and oxygen atoms in total. The standard InChI is InChI=1S/C18H24FN5O/c19-17-4-2-1-3-15(17)5-7-22-14-16(13-21)18(25)24-11-9-23(8-6-20)10-12-24/h1-4,14,22H,5-12,20H2/b16-14-. The maximum absolute atomic E-state index is 13.5. The highest BCUT2D eigenvalue weighted by Crippen LogP contribution is 2.08. The van der Waals surface area contributed by atoms with Gasteiger partial charge in [-0.05, 0) is 18.1 Å². The number of nitrogens with two attached hydrogens (primary N) is 1. The highest BCUT2D eigenvalue weighted by molar-refractivity contribution is 5.97. The van der Waals surface area contributed by atoms with E-state index in [1.54, 1.807) is 23.1 Å². The van der Waals surface area contributed by atoms with Crippen LogP contribution in [0.25, 0.3) is 0 Å². The van der Waals surface area contributed by atoms with Crippen LogP contribution in [-0.2, 0) is 11.2 Å². The summed E-state index contributed by atoms with van der Waals surface area (Å²) < 4.78 is 13.5. The third kappa shape index (κ3) is 5.55. The molecule has 1 aliphatic rings. The molecule has 25 heavy (non-hydrogen) atoms. The quantitative estimate of drug-likeness (QED) is 0.426. The summed E-state index contributed by atoms with van der Waals surface area (Å²) >= 11 is 0. The van der Waals surface area contributed by atoms with E-state index in [1.165, 1.54) is 12.3 Å². The van der Waals surface area contributed by atoms with Crippen LogP contribution in [0.4, 0.5) is 4.39 Å². The first kappa shape index (κ1) is 18.9. The Labute approximate surface area is 147 Å². The fourth-order valence-corrected chi connectivity index (χ4v) is 2.75. The fraction of sp³-hybridized carbons (Fsp3) is 0.444. The monoisotopic (exact) mass is 345 g/mol. The molecular formula is C18H24FN5O. The molecule has 0 radical (unpaired) electrons. The van der Waals surface area contributed by atoms with Gasteiger partial charge in [0.2, 0.25) is 0 Å². The number of nitrogens with zero attached hydrogens (tertiary/aromatic N) is 3. The Hall–Kier alpha value is -2.43. The Morgan fingerprint density at radius 3 is 2.68 bits per heavy atom. The van der Waals surface area contributed by atoms with Gasteiger partial charge in [0.25, 0.3) is 5.91 Å². The van der Waals surface area contributed by atoms with E-state index in [4.69, 9.17) is 5.73 Å². The zero-order valence-electron chi connectivity index (χ0n) is 14.2. The average Bonchev–Trinajstić information content (AvgIpc) is 2.63. The van der Waals surface area contributed by atoms with Crippen molar-refractivity contribution < 1.29 is 9.18 Å². The Kier molecular flexibility index (Phi) is 7.38. The molecule has 0 aliphatic carbocycles. The molecule has 0 aromatic heterocycles. The van der Waals surface area contributed by atoms with E-state index in [9.17, 15) is 14.4 Å². The molecule has 3 N–H and O–H groups in total. The van der Waals surface area contributed by atoms with E-state index in [-0.39, 0.29) is 17.3 Å². The normalized spacial score (nSPS) is 15.7. The van der Waals surface area contributed by atoms with Crippen LogP contribution in [0.3, 0.4) is 0 Å². The molecule has 7 heteroatoms. The maximum atomic E-state index is 13.5. The first-order valence-electron chi connectivity index (χ1n) is 8.44. The summed E-state index contributed by atoms with van der Waals surface area (Å²) in [7, 11) is 0. The minimum atomic E-state index is -0.270. The number of nitrogens with one attached hydrogen (secondary N) is 1. The first-order chi connectivity index (χ1) is 12.2. The van der Waals surface area contributed by atoms with Gasteiger partial charge in [-0.2, -0.15) is 5.26 Å². The summed E-state index contributed by atoms with van der Waals surface area (Å²) in [4.78, 5) is 16.3. The number of rotatable bonds is 7. The van der Waals surface area contributed by atoms with Crippen LogP contribution in [0.2, 0.25) is 0 Å². The molecule has 1 saturated heterocycles. The van der Waals surface area contributed by atoms with Gasteiger partial charge in [-0.15, -0.1) is 0 Å². The molecular weight excluding hydrogens is 321 g/mol. The molecule has 1 fully saturated rings. The molecule has 1 amide bonds. The third-order valence-electron chi connectivity index (χ3n) is 4.20. The fourth-order valence-electron chi connectivity index (χ4n) is 2.75. The summed E-state index contributed by atoms with van der Waals surface area (Å²) in [5, 5.41) is 12.2. The van der Waals surface area contributed by atoms with Gasteiger partial charge in [0.1, 0.15) is 17.5 Å². The van der Waals surface area contributed by atoms with E-state index in [2.05, 4.69) is 10.2 Å². The summed E-state index contributed by atoms with van der Waals surface area (Å²) in [5.74, 6) is -0.520. The van der Waals surface area contributed by atoms with E-state index in [1.807, 2.05) is 6.07 Å². The van der Waals surface area contributed by atoms with Crippen molar-refractivity contribution in [2.75, 3.05) is 45.8 Å². The summed E-state index contributed by atoms with van der Waals surface area (Å²) in [6.07, 6.45) is 1.91. The number of benzene rings is 1. The lowest BCUT2D eigenvalue weighted by Gasteiger charge is -2.34. The van der Waals surface area contributed by atoms with Crippen LogP contribution in [0.5, 0.6) is 0 Å². The van der Waals surface area contributed by atoms with Crippen LogP contribution in [0.1, 0.15) is 5.56 Å². The SMILES string of the molecule is N#C/C(=C/NCCc1ccccc1F)C(=O)N1CCN(CCN)CC1. The van der Waals surface area contributed by atoms with E-state index < -0.39 is 0 Å². The highest BCUT2D eigenvalue weighted by atomic mass is 19.1. The molecule has 1 aromatic rings. The smallest absolute Gasteiger partial charge is 0.266 e. The lowest BCUT2D eigenvalue weighted by molar-refractivity contribution is -0.128. The van der Waals surface area contributed by atoms with Crippen molar-refractivity contribution in [2.45, 2.75) is 6.42 Å². The molecule has 0 atom stereocenters.